The number of hydrogen-bond donors (Lipinski definition) is 2. The first kappa shape index (κ1) is 14.6. The number of ether oxygens (including phenoxy) is 1. The normalized spacial score (nSPS) is 12.6. The average Bonchev–Trinajstić information content (AvgIpc) is 2.71. The number of hydrogen-bond acceptors (Lipinski definition) is 2. The van der Waals surface area contributed by atoms with Crippen LogP contribution in [0.25, 0.3) is 10.9 Å². The predicted molar refractivity (Wildman–Crippen MR) is 81.1 cm³/mol. The van der Waals surface area contributed by atoms with Crippen molar-refractivity contribution in [2.75, 3.05) is 20.3 Å². The highest BCUT2D eigenvalue weighted by Crippen LogP contribution is 2.22. The van der Waals surface area contributed by atoms with E-state index in [1.54, 1.807) is 7.11 Å². The number of benzene rings is 1. The Hall–Kier alpha value is -1.81. The highest BCUT2D eigenvalue weighted by Gasteiger charge is 2.11. The fourth-order valence-corrected chi connectivity index (χ4v) is 2.31. The molecule has 0 saturated heterocycles. The molecule has 1 amide bonds. The van der Waals surface area contributed by atoms with E-state index in [0.717, 1.165) is 16.6 Å². The van der Waals surface area contributed by atoms with E-state index in [1.165, 1.54) is 5.56 Å². The van der Waals surface area contributed by atoms with E-state index < -0.39 is 0 Å². The number of amides is 1. The summed E-state index contributed by atoms with van der Waals surface area (Å²) >= 11 is 0. The second-order valence-corrected chi connectivity index (χ2v) is 5.41. The fourth-order valence-electron chi connectivity index (χ4n) is 2.31. The Balaban J connectivity index is 2.12. The van der Waals surface area contributed by atoms with Gasteiger partial charge >= 0.3 is 0 Å². The Morgan fingerprint density at radius 2 is 2.15 bits per heavy atom. The third kappa shape index (κ3) is 3.02. The second-order valence-electron chi connectivity index (χ2n) is 5.41. The lowest BCUT2D eigenvalue weighted by atomic mass is 10.1. The highest BCUT2D eigenvalue weighted by atomic mass is 16.5. The molecule has 1 aromatic carbocycles. The van der Waals surface area contributed by atoms with Gasteiger partial charge in [-0.2, -0.15) is 0 Å². The molecule has 0 bridgehead atoms. The molecule has 0 aliphatic heterocycles. The van der Waals surface area contributed by atoms with Crippen LogP contribution < -0.4 is 5.32 Å². The highest BCUT2D eigenvalue weighted by molar-refractivity contribution is 5.99. The van der Waals surface area contributed by atoms with Gasteiger partial charge < -0.3 is 15.0 Å². The molecule has 0 saturated carbocycles. The maximum Gasteiger partial charge on any atom is 0.251 e. The molecular formula is C16H22N2O2. The maximum atomic E-state index is 12.2. The number of aromatic amines is 1. The Labute approximate surface area is 119 Å². The van der Waals surface area contributed by atoms with E-state index in [2.05, 4.69) is 17.2 Å². The quantitative estimate of drug-likeness (QED) is 0.881. The second kappa shape index (κ2) is 6.09. The van der Waals surface area contributed by atoms with Crippen molar-refractivity contribution in [3.05, 3.63) is 35.0 Å². The predicted octanol–water partition coefficient (Wildman–Crippen LogP) is 2.80. The number of aryl methyl sites for hydroxylation is 2. The van der Waals surface area contributed by atoms with Gasteiger partial charge in [-0.3, -0.25) is 4.79 Å². The summed E-state index contributed by atoms with van der Waals surface area (Å²) in [5.74, 6) is 0.275. The molecule has 1 aromatic heterocycles. The van der Waals surface area contributed by atoms with Crippen LogP contribution in [0.15, 0.2) is 18.2 Å². The molecule has 2 rings (SSSR count). The van der Waals surface area contributed by atoms with Gasteiger partial charge in [-0.05, 0) is 43.5 Å². The van der Waals surface area contributed by atoms with Gasteiger partial charge in [0.25, 0.3) is 5.91 Å². The molecule has 1 atom stereocenters. The number of aromatic nitrogens is 1. The van der Waals surface area contributed by atoms with Crippen molar-refractivity contribution in [2.24, 2.45) is 5.92 Å². The minimum Gasteiger partial charge on any atom is -0.384 e. The number of carbonyl (C=O) groups excluding carboxylic acids is 1. The molecule has 108 valence electrons. The van der Waals surface area contributed by atoms with Crippen LogP contribution >= 0.6 is 0 Å². The molecule has 4 nitrogen and oxygen atoms in total. The van der Waals surface area contributed by atoms with Gasteiger partial charge in [0.2, 0.25) is 0 Å². The molecule has 1 heterocycles. The van der Waals surface area contributed by atoms with Crippen LogP contribution in [0, 0.1) is 19.8 Å². The van der Waals surface area contributed by atoms with Gasteiger partial charge in [-0.15, -0.1) is 0 Å². The molecule has 0 aliphatic rings. The Bertz CT molecular complexity index is 616. The van der Waals surface area contributed by atoms with Crippen LogP contribution in [0.2, 0.25) is 0 Å². The van der Waals surface area contributed by atoms with Crippen molar-refractivity contribution < 1.29 is 9.53 Å². The molecule has 0 radical (unpaired) electrons. The third-order valence-corrected chi connectivity index (χ3v) is 3.63. The van der Waals surface area contributed by atoms with E-state index in [0.29, 0.717) is 24.6 Å². The molecule has 0 fully saturated rings. The summed E-state index contributed by atoms with van der Waals surface area (Å²) in [6.07, 6.45) is 0. The molecule has 2 N–H and O–H groups in total. The lowest BCUT2D eigenvalue weighted by Gasteiger charge is -2.11. The number of rotatable bonds is 5. The van der Waals surface area contributed by atoms with Crippen molar-refractivity contribution in [2.45, 2.75) is 20.8 Å². The van der Waals surface area contributed by atoms with Gasteiger partial charge in [0.15, 0.2) is 0 Å². The average molecular weight is 274 g/mol. The summed E-state index contributed by atoms with van der Waals surface area (Å²) in [5, 5.41) is 4.06. The summed E-state index contributed by atoms with van der Waals surface area (Å²) in [6, 6.07) is 5.77. The summed E-state index contributed by atoms with van der Waals surface area (Å²) in [6.45, 7) is 7.43. The van der Waals surface area contributed by atoms with E-state index in [9.17, 15) is 4.79 Å². The van der Waals surface area contributed by atoms with Gasteiger partial charge in [0, 0.05) is 35.8 Å². The zero-order chi connectivity index (χ0) is 14.7. The number of H-pyrrole nitrogens is 1. The van der Waals surface area contributed by atoms with E-state index in [1.807, 2.05) is 32.0 Å². The van der Waals surface area contributed by atoms with Crippen molar-refractivity contribution in [1.29, 1.82) is 0 Å². The van der Waals surface area contributed by atoms with Crippen molar-refractivity contribution >= 4 is 16.8 Å². The summed E-state index contributed by atoms with van der Waals surface area (Å²) in [4.78, 5) is 15.5. The smallest absolute Gasteiger partial charge is 0.251 e. The first-order valence-electron chi connectivity index (χ1n) is 6.89. The fraction of sp³-hybridized carbons (Fsp3) is 0.438. The lowest BCUT2D eigenvalue weighted by molar-refractivity contribution is 0.0934. The summed E-state index contributed by atoms with van der Waals surface area (Å²) < 4.78 is 5.06. The molecule has 0 aliphatic carbocycles. The van der Waals surface area contributed by atoms with Gasteiger partial charge in [0.05, 0.1) is 6.61 Å². The Morgan fingerprint density at radius 1 is 1.40 bits per heavy atom. The van der Waals surface area contributed by atoms with Crippen LogP contribution in [-0.2, 0) is 4.74 Å². The van der Waals surface area contributed by atoms with Gasteiger partial charge in [-0.1, -0.05) is 6.92 Å². The van der Waals surface area contributed by atoms with Gasteiger partial charge in [0.1, 0.15) is 0 Å². The number of fused-ring (bicyclic) bond motifs is 1. The first-order chi connectivity index (χ1) is 9.52. The number of carbonyl (C=O) groups is 1. The molecule has 4 heteroatoms. The molecule has 1 unspecified atom stereocenters. The van der Waals surface area contributed by atoms with Crippen LogP contribution in [0.4, 0.5) is 0 Å². The summed E-state index contributed by atoms with van der Waals surface area (Å²) in [7, 11) is 1.67. The Morgan fingerprint density at radius 3 is 2.85 bits per heavy atom. The minimum atomic E-state index is -0.0342. The lowest BCUT2D eigenvalue weighted by Crippen LogP contribution is -2.29. The van der Waals surface area contributed by atoms with E-state index >= 15 is 0 Å². The van der Waals surface area contributed by atoms with Crippen molar-refractivity contribution in [3.8, 4) is 0 Å². The zero-order valence-electron chi connectivity index (χ0n) is 12.5. The minimum absolute atomic E-state index is 0.0342. The van der Waals surface area contributed by atoms with Crippen LogP contribution in [0.5, 0.6) is 0 Å². The molecular weight excluding hydrogens is 252 g/mol. The number of methoxy groups -OCH3 is 1. The van der Waals surface area contributed by atoms with E-state index in [4.69, 9.17) is 4.74 Å². The van der Waals surface area contributed by atoms with Crippen LogP contribution in [0.3, 0.4) is 0 Å². The monoisotopic (exact) mass is 274 g/mol. The first-order valence-corrected chi connectivity index (χ1v) is 6.89. The maximum absolute atomic E-state index is 12.2. The van der Waals surface area contributed by atoms with Crippen LogP contribution in [0.1, 0.15) is 28.5 Å². The molecule has 0 spiro atoms. The standard InChI is InChI=1S/C16H22N2O2/c1-10(9-20-4)8-17-16(19)13-5-6-15-14(7-13)11(2)12(3)18-15/h5-7,10,18H,8-9H2,1-4H3,(H,17,19). The largest absolute Gasteiger partial charge is 0.384 e. The molecule has 20 heavy (non-hydrogen) atoms. The SMILES string of the molecule is COCC(C)CNC(=O)c1ccc2[nH]c(C)c(C)c2c1. The van der Waals surface area contributed by atoms with E-state index in [-0.39, 0.29) is 5.91 Å². The number of nitrogens with one attached hydrogen (secondary N) is 2. The van der Waals surface area contributed by atoms with Crippen molar-refractivity contribution in [3.63, 3.8) is 0 Å². The van der Waals surface area contributed by atoms with Crippen LogP contribution in [-0.4, -0.2) is 31.2 Å². The topological polar surface area (TPSA) is 54.1 Å². The molecule has 2 aromatic rings. The van der Waals surface area contributed by atoms with Gasteiger partial charge in [-0.25, -0.2) is 0 Å². The summed E-state index contributed by atoms with van der Waals surface area (Å²) in [5.41, 5.74) is 4.11. The van der Waals surface area contributed by atoms with Crippen molar-refractivity contribution in [1.82, 2.24) is 10.3 Å². The zero-order valence-corrected chi connectivity index (χ0v) is 12.5. The Kier molecular flexibility index (Phi) is 4.45. The third-order valence-electron chi connectivity index (χ3n) is 3.63.